The third-order valence-electron chi connectivity index (χ3n) is 2.42. The van der Waals surface area contributed by atoms with Gasteiger partial charge in [-0.25, -0.2) is 0 Å². The molecule has 1 amide bonds. The number of methoxy groups -OCH3 is 2. The van der Waals surface area contributed by atoms with Crippen LogP contribution in [0.25, 0.3) is 0 Å². The Kier molecular flexibility index (Phi) is 6.15. The molecule has 18 heavy (non-hydrogen) atoms. The number of carbonyl (C=O) groups is 1. The molecule has 0 aromatic heterocycles. The molecular formula is C13H18BrNO3. The average molecular weight is 316 g/mol. The number of carbonyl (C=O) groups excluding carboxylic acids is 1. The summed E-state index contributed by atoms with van der Waals surface area (Å²) in [7, 11) is 3.21. The summed E-state index contributed by atoms with van der Waals surface area (Å²) in [5.41, 5.74) is 0.668. The summed E-state index contributed by atoms with van der Waals surface area (Å²) in [6.45, 7) is 2.55. The summed E-state index contributed by atoms with van der Waals surface area (Å²) in [6, 6.07) is 5.48. The van der Waals surface area contributed by atoms with Crippen molar-refractivity contribution in [2.45, 2.75) is 13.3 Å². The van der Waals surface area contributed by atoms with Gasteiger partial charge < -0.3 is 14.8 Å². The second kappa shape index (κ2) is 7.38. The Morgan fingerprint density at radius 1 is 1.44 bits per heavy atom. The predicted molar refractivity (Wildman–Crippen MR) is 75.0 cm³/mol. The van der Waals surface area contributed by atoms with Crippen molar-refractivity contribution in [1.29, 1.82) is 0 Å². The van der Waals surface area contributed by atoms with E-state index in [0.717, 1.165) is 4.47 Å². The molecule has 0 heterocycles. The molecule has 0 saturated heterocycles. The van der Waals surface area contributed by atoms with Crippen LogP contribution in [-0.4, -0.2) is 26.7 Å². The van der Waals surface area contributed by atoms with Crippen molar-refractivity contribution in [3.05, 3.63) is 22.7 Å². The van der Waals surface area contributed by atoms with Crippen molar-refractivity contribution in [2.24, 2.45) is 5.92 Å². The van der Waals surface area contributed by atoms with Crippen LogP contribution in [0.2, 0.25) is 0 Å². The Morgan fingerprint density at radius 3 is 2.78 bits per heavy atom. The fraction of sp³-hybridized carbons (Fsp3) is 0.462. The predicted octanol–water partition coefficient (Wildman–Crippen LogP) is 3.07. The smallest absolute Gasteiger partial charge is 0.224 e. The molecule has 5 heteroatoms. The van der Waals surface area contributed by atoms with E-state index in [-0.39, 0.29) is 11.8 Å². The first-order valence-corrected chi connectivity index (χ1v) is 6.48. The molecule has 0 aliphatic heterocycles. The maximum Gasteiger partial charge on any atom is 0.224 e. The average Bonchev–Trinajstić information content (AvgIpc) is 2.29. The van der Waals surface area contributed by atoms with Crippen LogP contribution in [0.4, 0.5) is 5.69 Å². The van der Waals surface area contributed by atoms with Crippen LogP contribution in [-0.2, 0) is 9.53 Å². The highest BCUT2D eigenvalue weighted by atomic mass is 79.9. The number of ether oxygens (including phenoxy) is 2. The summed E-state index contributed by atoms with van der Waals surface area (Å²) >= 11 is 3.36. The van der Waals surface area contributed by atoms with Crippen molar-refractivity contribution in [3.63, 3.8) is 0 Å². The fourth-order valence-corrected chi connectivity index (χ4v) is 2.00. The van der Waals surface area contributed by atoms with Gasteiger partial charge >= 0.3 is 0 Å². The molecule has 1 atom stereocenters. The lowest BCUT2D eigenvalue weighted by molar-refractivity contribution is -0.117. The van der Waals surface area contributed by atoms with Gasteiger partial charge in [0.05, 0.1) is 12.8 Å². The molecule has 0 aliphatic carbocycles. The molecular weight excluding hydrogens is 298 g/mol. The number of hydrogen-bond acceptors (Lipinski definition) is 3. The Balaban J connectivity index is 2.66. The van der Waals surface area contributed by atoms with Crippen LogP contribution in [0, 0.1) is 5.92 Å². The first kappa shape index (κ1) is 15.0. The van der Waals surface area contributed by atoms with Gasteiger partial charge in [0.1, 0.15) is 5.75 Å². The lowest BCUT2D eigenvalue weighted by Gasteiger charge is -2.13. The van der Waals surface area contributed by atoms with Gasteiger partial charge in [-0.1, -0.05) is 22.9 Å². The third-order valence-corrected chi connectivity index (χ3v) is 2.91. The monoisotopic (exact) mass is 315 g/mol. The van der Waals surface area contributed by atoms with Crippen LogP contribution in [0.3, 0.4) is 0 Å². The summed E-state index contributed by atoms with van der Waals surface area (Å²) in [5.74, 6) is 0.787. The Bertz CT molecular complexity index is 409. The molecule has 1 rings (SSSR count). The molecule has 0 aliphatic rings. The molecule has 1 unspecified atom stereocenters. The van der Waals surface area contributed by atoms with Gasteiger partial charge in [-0.3, -0.25) is 4.79 Å². The van der Waals surface area contributed by atoms with Gasteiger partial charge in [-0.2, -0.15) is 0 Å². The molecule has 1 aromatic carbocycles. The van der Waals surface area contributed by atoms with E-state index in [4.69, 9.17) is 9.47 Å². The molecule has 0 spiro atoms. The van der Waals surface area contributed by atoms with Gasteiger partial charge in [0.15, 0.2) is 0 Å². The van der Waals surface area contributed by atoms with Crippen molar-refractivity contribution in [3.8, 4) is 5.75 Å². The lowest BCUT2D eigenvalue weighted by Crippen LogP contribution is -2.17. The van der Waals surface area contributed by atoms with Crippen molar-refractivity contribution < 1.29 is 14.3 Å². The molecule has 0 bridgehead atoms. The topological polar surface area (TPSA) is 47.6 Å². The zero-order valence-corrected chi connectivity index (χ0v) is 12.4. The minimum Gasteiger partial charge on any atom is -0.495 e. The number of benzene rings is 1. The quantitative estimate of drug-likeness (QED) is 0.877. The normalized spacial score (nSPS) is 12.0. The van der Waals surface area contributed by atoms with E-state index in [9.17, 15) is 4.79 Å². The largest absolute Gasteiger partial charge is 0.495 e. The van der Waals surface area contributed by atoms with E-state index < -0.39 is 0 Å². The number of amides is 1. The number of halogens is 1. The highest BCUT2D eigenvalue weighted by Gasteiger charge is 2.11. The van der Waals surface area contributed by atoms with Crippen LogP contribution in [0.15, 0.2) is 22.7 Å². The Labute approximate surface area is 116 Å². The SMILES string of the molecule is COCC(C)CC(=O)Nc1cc(Br)ccc1OC. The highest BCUT2D eigenvalue weighted by molar-refractivity contribution is 9.10. The standard InChI is InChI=1S/C13H18BrNO3/c1-9(8-17-2)6-13(16)15-11-7-10(14)4-5-12(11)18-3/h4-5,7,9H,6,8H2,1-3H3,(H,15,16). The maximum absolute atomic E-state index is 11.8. The summed E-state index contributed by atoms with van der Waals surface area (Å²) < 4.78 is 11.1. The van der Waals surface area contributed by atoms with Crippen LogP contribution >= 0.6 is 15.9 Å². The Morgan fingerprint density at radius 2 is 2.17 bits per heavy atom. The number of anilines is 1. The number of nitrogens with one attached hydrogen (secondary N) is 1. The minimum absolute atomic E-state index is 0.0454. The van der Waals surface area contributed by atoms with E-state index >= 15 is 0 Å². The number of rotatable bonds is 6. The summed E-state index contributed by atoms with van der Waals surface area (Å²) in [4.78, 5) is 11.8. The van der Waals surface area contributed by atoms with Crippen LogP contribution in [0.5, 0.6) is 5.75 Å². The first-order chi connectivity index (χ1) is 8.56. The zero-order valence-electron chi connectivity index (χ0n) is 10.8. The minimum atomic E-state index is -0.0454. The van der Waals surface area contributed by atoms with E-state index in [2.05, 4.69) is 21.2 Å². The van der Waals surface area contributed by atoms with Crippen molar-refractivity contribution in [2.75, 3.05) is 26.1 Å². The molecule has 1 aromatic rings. The number of hydrogen-bond donors (Lipinski definition) is 1. The second-order valence-corrected chi connectivity index (χ2v) is 5.07. The van der Waals surface area contributed by atoms with Crippen LogP contribution < -0.4 is 10.1 Å². The van der Waals surface area contributed by atoms with Crippen molar-refractivity contribution >= 4 is 27.5 Å². The second-order valence-electron chi connectivity index (χ2n) is 4.16. The van der Waals surface area contributed by atoms with E-state index in [1.165, 1.54) is 0 Å². The zero-order chi connectivity index (χ0) is 13.5. The molecule has 100 valence electrons. The van der Waals surface area contributed by atoms with Gasteiger partial charge in [-0.05, 0) is 24.1 Å². The van der Waals surface area contributed by atoms with E-state index in [1.54, 1.807) is 20.3 Å². The molecule has 1 N–H and O–H groups in total. The summed E-state index contributed by atoms with van der Waals surface area (Å²) in [5, 5.41) is 2.84. The van der Waals surface area contributed by atoms with Crippen LogP contribution in [0.1, 0.15) is 13.3 Å². The molecule has 4 nitrogen and oxygen atoms in total. The molecule has 0 saturated carbocycles. The first-order valence-electron chi connectivity index (χ1n) is 5.69. The summed E-state index contributed by atoms with van der Waals surface area (Å²) in [6.07, 6.45) is 0.420. The van der Waals surface area contributed by atoms with Gasteiger partial charge in [-0.15, -0.1) is 0 Å². The van der Waals surface area contributed by atoms with E-state index in [0.29, 0.717) is 24.5 Å². The molecule has 0 radical (unpaired) electrons. The highest BCUT2D eigenvalue weighted by Crippen LogP contribution is 2.28. The van der Waals surface area contributed by atoms with Gasteiger partial charge in [0.2, 0.25) is 5.91 Å². The maximum atomic E-state index is 11.8. The van der Waals surface area contributed by atoms with Gasteiger partial charge in [0.25, 0.3) is 0 Å². The fourth-order valence-electron chi connectivity index (χ4n) is 1.64. The lowest BCUT2D eigenvalue weighted by atomic mass is 10.1. The third kappa shape index (κ3) is 4.66. The Hall–Kier alpha value is -1.07. The van der Waals surface area contributed by atoms with Crippen molar-refractivity contribution in [1.82, 2.24) is 0 Å². The van der Waals surface area contributed by atoms with E-state index in [1.807, 2.05) is 19.1 Å². The molecule has 0 fully saturated rings. The van der Waals surface area contributed by atoms with Gasteiger partial charge in [0, 0.05) is 24.6 Å².